The number of benzene rings is 1. The average Bonchev–Trinajstić information content (AvgIpc) is 2.29. The van der Waals surface area contributed by atoms with Gasteiger partial charge in [-0.1, -0.05) is 37.3 Å². The van der Waals surface area contributed by atoms with E-state index in [0.29, 0.717) is 6.61 Å². The normalized spacial score (nSPS) is 12.7. The summed E-state index contributed by atoms with van der Waals surface area (Å²) in [7, 11) is 0. The Labute approximate surface area is 92.4 Å². The van der Waals surface area contributed by atoms with E-state index < -0.39 is 0 Å². The van der Waals surface area contributed by atoms with E-state index in [1.807, 2.05) is 6.07 Å². The first-order chi connectivity index (χ1) is 7.33. The predicted molar refractivity (Wildman–Crippen MR) is 63.8 cm³/mol. The highest BCUT2D eigenvalue weighted by Crippen LogP contribution is 2.02. The Morgan fingerprint density at radius 1 is 1.27 bits per heavy atom. The van der Waals surface area contributed by atoms with E-state index in [1.165, 1.54) is 5.56 Å². The summed E-state index contributed by atoms with van der Waals surface area (Å²) in [5.74, 6) is 0. The van der Waals surface area contributed by atoms with Gasteiger partial charge in [0, 0.05) is 12.6 Å². The van der Waals surface area contributed by atoms with Crippen LogP contribution in [0.5, 0.6) is 0 Å². The lowest BCUT2D eigenvalue weighted by molar-refractivity contribution is 0.118. The number of hydrogen-bond donors (Lipinski definition) is 1. The van der Waals surface area contributed by atoms with Crippen LogP contribution in [0.1, 0.15) is 25.3 Å². The van der Waals surface area contributed by atoms with Crippen molar-refractivity contribution in [2.24, 2.45) is 5.73 Å². The predicted octanol–water partition coefficient (Wildman–Crippen LogP) is 2.37. The van der Waals surface area contributed by atoms with Crippen LogP contribution >= 0.6 is 0 Å². The van der Waals surface area contributed by atoms with E-state index in [9.17, 15) is 0 Å². The number of rotatable bonds is 7. The molecule has 0 amide bonds. The Morgan fingerprint density at radius 3 is 2.67 bits per heavy atom. The molecule has 1 unspecified atom stereocenters. The SMILES string of the molecule is CCC(N)COCCCc1ccccc1. The Bertz CT molecular complexity index is 248. The molecule has 15 heavy (non-hydrogen) atoms. The van der Waals surface area contributed by atoms with Gasteiger partial charge in [0.15, 0.2) is 0 Å². The fraction of sp³-hybridized carbons (Fsp3) is 0.538. The van der Waals surface area contributed by atoms with Crippen molar-refractivity contribution in [1.82, 2.24) is 0 Å². The molecule has 84 valence electrons. The molecule has 2 N–H and O–H groups in total. The van der Waals surface area contributed by atoms with Crippen LogP contribution in [0.15, 0.2) is 30.3 Å². The van der Waals surface area contributed by atoms with Crippen LogP contribution in [0.2, 0.25) is 0 Å². The van der Waals surface area contributed by atoms with Crippen molar-refractivity contribution in [2.45, 2.75) is 32.2 Å². The van der Waals surface area contributed by atoms with Gasteiger partial charge in [0.25, 0.3) is 0 Å². The molecule has 1 aromatic rings. The second kappa shape index (κ2) is 7.43. The quantitative estimate of drug-likeness (QED) is 0.697. The molecule has 2 heteroatoms. The van der Waals surface area contributed by atoms with Crippen molar-refractivity contribution in [3.05, 3.63) is 35.9 Å². The van der Waals surface area contributed by atoms with Crippen molar-refractivity contribution < 1.29 is 4.74 Å². The van der Waals surface area contributed by atoms with Crippen molar-refractivity contribution in [1.29, 1.82) is 0 Å². The molecular formula is C13H21NO. The maximum Gasteiger partial charge on any atom is 0.0617 e. The van der Waals surface area contributed by atoms with Gasteiger partial charge in [-0.2, -0.15) is 0 Å². The summed E-state index contributed by atoms with van der Waals surface area (Å²) in [4.78, 5) is 0. The first-order valence-electron chi connectivity index (χ1n) is 5.70. The molecule has 0 fully saturated rings. The zero-order valence-electron chi connectivity index (χ0n) is 9.49. The summed E-state index contributed by atoms with van der Waals surface area (Å²) in [6, 6.07) is 10.7. The smallest absolute Gasteiger partial charge is 0.0617 e. The van der Waals surface area contributed by atoms with Crippen molar-refractivity contribution in [2.75, 3.05) is 13.2 Å². The molecule has 0 spiro atoms. The molecule has 0 aliphatic heterocycles. The first-order valence-corrected chi connectivity index (χ1v) is 5.70. The third-order valence-corrected chi connectivity index (χ3v) is 2.45. The molecule has 0 aliphatic rings. The number of ether oxygens (including phenoxy) is 1. The third kappa shape index (κ3) is 5.55. The number of aryl methyl sites for hydroxylation is 1. The lowest BCUT2D eigenvalue weighted by atomic mass is 10.1. The molecule has 1 rings (SSSR count). The van der Waals surface area contributed by atoms with E-state index >= 15 is 0 Å². The lowest BCUT2D eigenvalue weighted by Gasteiger charge is -2.09. The minimum Gasteiger partial charge on any atom is -0.380 e. The summed E-state index contributed by atoms with van der Waals surface area (Å²) >= 11 is 0. The Balaban J connectivity index is 2.03. The lowest BCUT2D eigenvalue weighted by Crippen LogP contribution is -2.25. The molecule has 0 saturated heterocycles. The monoisotopic (exact) mass is 207 g/mol. The van der Waals surface area contributed by atoms with E-state index in [2.05, 4.69) is 31.2 Å². The molecule has 1 aromatic carbocycles. The minimum absolute atomic E-state index is 0.196. The summed E-state index contributed by atoms with van der Waals surface area (Å²) in [6.45, 7) is 3.58. The van der Waals surface area contributed by atoms with E-state index in [1.54, 1.807) is 0 Å². The maximum atomic E-state index is 5.74. The zero-order valence-corrected chi connectivity index (χ0v) is 9.49. The number of hydrogen-bond acceptors (Lipinski definition) is 2. The second-order valence-corrected chi connectivity index (χ2v) is 3.83. The van der Waals surface area contributed by atoms with Gasteiger partial charge in [-0.05, 0) is 24.8 Å². The Morgan fingerprint density at radius 2 is 2.00 bits per heavy atom. The fourth-order valence-electron chi connectivity index (χ4n) is 1.38. The molecule has 0 saturated carbocycles. The van der Waals surface area contributed by atoms with Crippen LogP contribution in [-0.2, 0) is 11.2 Å². The maximum absolute atomic E-state index is 5.74. The zero-order chi connectivity index (χ0) is 10.9. The van der Waals surface area contributed by atoms with Gasteiger partial charge >= 0.3 is 0 Å². The highest BCUT2D eigenvalue weighted by atomic mass is 16.5. The molecule has 1 atom stereocenters. The molecule has 0 bridgehead atoms. The van der Waals surface area contributed by atoms with Crippen LogP contribution in [0.3, 0.4) is 0 Å². The summed E-state index contributed by atoms with van der Waals surface area (Å²) < 4.78 is 5.48. The fourth-order valence-corrected chi connectivity index (χ4v) is 1.38. The van der Waals surface area contributed by atoms with Gasteiger partial charge in [0.1, 0.15) is 0 Å². The molecule has 0 heterocycles. The number of nitrogens with two attached hydrogens (primary N) is 1. The van der Waals surface area contributed by atoms with Crippen molar-refractivity contribution >= 4 is 0 Å². The van der Waals surface area contributed by atoms with Crippen LogP contribution in [-0.4, -0.2) is 19.3 Å². The topological polar surface area (TPSA) is 35.2 Å². The molecule has 0 radical (unpaired) electrons. The van der Waals surface area contributed by atoms with E-state index in [4.69, 9.17) is 10.5 Å². The van der Waals surface area contributed by atoms with E-state index in [-0.39, 0.29) is 6.04 Å². The summed E-state index contributed by atoms with van der Waals surface area (Å²) in [5, 5.41) is 0. The van der Waals surface area contributed by atoms with Crippen molar-refractivity contribution in [3.63, 3.8) is 0 Å². The Hall–Kier alpha value is -0.860. The second-order valence-electron chi connectivity index (χ2n) is 3.83. The van der Waals surface area contributed by atoms with E-state index in [0.717, 1.165) is 25.9 Å². The average molecular weight is 207 g/mol. The van der Waals surface area contributed by atoms with Gasteiger partial charge < -0.3 is 10.5 Å². The highest BCUT2D eigenvalue weighted by molar-refractivity contribution is 5.14. The molecule has 0 aromatic heterocycles. The van der Waals surface area contributed by atoms with Gasteiger partial charge in [-0.3, -0.25) is 0 Å². The summed E-state index contributed by atoms with van der Waals surface area (Å²) in [6.07, 6.45) is 3.14. The first kappa shape index (κ1) is 12.2. The van der Waals surface area contributed by atoms with Crippen LogP contribution < -0.4 is 5.73 Å². The van der Waals surface area contributed by atoms with Gasteiger partial charge in [0.2, 0.25) is 0 Å². The standard InChI is InChI=1S/C13H21NO/c1-2-13(14)11-15-10-6-9-12-7-4-3-5-8-12/h3-5,7-8,13H,2,6,9-11,14H2,1H3. The van der Waals surface area contributed by atoms with Crippen LogP contribution in [0.4, 0.5) is 0 Å². The molecule has 0 aliphatic carbocycles. The molecular weight excluding hydrogens is 186 g/mol. The van der Waals surface area contributed by atoms with Crippen molar-refractivity contribution in [3.8, 4) is 0 Å². The van der Waals surface area contributed by atoms with Gasteiger partial charge in [-0.25, -0.2) is 0 Å². The largest absolute Gasteiger partial charge is 0.380 e. The van der Waals surface area contributed by atoms with Crippen LogP contribution in [0, 0.1) is 0 Å². The minimum atomic E-state index is 0.196. The van der Waals surface area contributed by atoms with Gasteiger partial charge in [0.05, 0.1) is 6.61 Å². The van der Waals surface area contributed by atoms with Gasteiger partial charge in [-0.15, -0.1) is 0 Å². The summed E-state index contributed by atoms with van der Waals surface area (Å²) in [5.41, 5.74) is 7.12. The highest BCUT2D eigenvalue weighted by Gasteiger charge is 1.98. The Kier molecular flexibility index (Phi) is 6.05. The molecule has 2 nitrogen and oxygen atoms in total. The van der Waals surface area contributed by atoms with Crippen LogP contribution in [0.25, 0.3) is 0 Å². The third-order valence-electron chi connectivity index (χ3n) is 2.45.